The Labute approximate surface area is 360 Å². The smallest absolute Gasteiger partial charge is 0.419 e. The number of pyridine rings is 1. The molecule has 9 rings (SSSR count). The van der Waals surface area contributed by atoms with Gasteiger partial charge in [0.05, 0.1) is 22.6 Å². The summed E-state index contributed by atoms with van der Waals surface area (Å²) >= 11 is 0. The van der Waals surface area contributed by atoms with Gasteiger partial charge in [-0.15, -0.1) is 0 Å². The largest absolute Gasteiger partial charge is 0.506 e. The second-order valence-corrected chi connectivity index (χ2v) is 24.2. The SMILES string of the molecule is CC(C)(C)[Si](C)(C)O[C@@H](CNCc1ccc2c(c1)oc(=O)n2CCCCc1cccc(C2(C(=O)O[C@H]3CN4CCC3CC4)CCCCC2)c1)c1ccc(O)c2[nH]c(=O)ccc12. The molecule has 3 saturated heterocycles. The summed E-state index contributed by atoms with van der Waals surface area (Å²) in [6.07, 6.45) is 9.43. The molecular weight excluding hydrogens is 785 g/mol. The molecule has 5 heterocycles. The summed E-state index contributed by atoms with van der Waals surface area (Å²) in [6, 6.07) is 21.3. The number of phenolic OH excluding ortho intramolecular Hbond substituents is 1. The van der Waals surface area contributed by atoms with E-state index in [-0.39, 0.29) is 40.3 Å². The Bertz CT molecular complexity index is 2470. The van der Waals surface area contributed by atoms with Crippen molar-refractivity contribution in [1.82, 2.24) is 19.8 Å². The van der Waals surface area contributed by atoms with Crippen molar-refractivity contribution < 1.29 is 23.5 Å². The first-order chi connectivity index (χ1) is 29.2. The number of nitrogens with zero attached hydrogens (tertiary/aromatic N) is 2. The van der Waals surface area contributed by atoms with Crippen LogP contribution in [-0.2, 0) is 38.9 Å². The van der Waals surface area contributed by atoms with Gasteiger partial charge in [-0.3, -0.25) is 19.1 Å². The highest BCUT2D eigenvalue weighted by Gasteiger charge is 2.46. The minimum Gasteiger partial charge on any atom is -0.506 e. The third-order valence-corrected chi connectivity index (χ3v) is 18.9. The number of piperidine rings is 3. The fraction of sp³-hybridized carbons (Fsp3) is 0.531. The minimum atomic E-state index is -2.24. The Balaban J connectivity index is 0.898. The van der Waals surface area contributed by atoms with E-state index in [0.29, 0.717) is 36.7 Å². The van der Waals surface area contributed by atoms with Crippen molar-refractivity contribution in [1.29, 1.82) is 0 Å². The minimum absolute atomic E-state index is 0.0161. The maximum absolute atomic E-state index is 14.1. The van der Waals surface area contributed by atoms with Gasteiger partial charge < -0.3 is 29.0 Å². The number of H-pyrrole nitrogens is 1. The molecule has 3 aromatic carbocycles. The van der Waals surface area contributed by atoms with Crippen LogP contribution in [0.1, 0.15) is 107 Å². The van der Waals surface area contributed by atoms with Gasteiger partial charge in [0.25, 0.3) is 0 Å². The number of carbonyl (C=O) groups is 1. The summed E-state index contributed by atoms with van der Waals surface area (Å²) < 4.78 is 20.9. The summed E-state index contributed by atoms with van der Waals surface area (Å²) in [4.78, 5) is 44.6. The van der Waals surface area contributed by atoms with Gasteiger partial charge in [-0.2, -0.15) is 0 Å². The number of unbranched alkanes of at least 4 members (excludes halogenated alkanes) is 1. The number of rotatable bonds is 15. The number of aromatic hydroxyl groups is 1. The van der Waals surface area contributed by atoms with Crippen LogP contribution in [0.25, 0.3) is 22.0 Å². The van der Waals surface area contributed by atoms with E-state index in [9.17, 15) is 19.5 Å². The molecule has 3 N–H and O–H groups in total. The molecular formula is C49H64N4O7Si. The quantitative estimate of drug-likeness (QED) is 0.0536. The lowest BCUT2D eigenvalue weighted by Crippen LogP contribution is -2.53. The molecule has 0 radical (unpaired) electrons. The fourth-order valence-corrected chi connectivity index (χ4v) is 11.0. The zero-order chi connectivity index (χ0) is 42.9. The molecule has 2 bridgehead atoms. The summed E-state index contributed by atoms with van der Waals surface area (Å²) in [5.74, 6) is 0.134. The predicted octanol–water partition coefficient (Wildman–Crippen LogP) is 8.86. The number of hydrogen-bond donors (Lipinski definition) is 3. The monoisotopic (exact) mass is 848 g/mol. The number of esters is 1. The Morgan fingerprint density at radius 1 is 0.984 bits per heavy atom. The van der Waals surface area contributed by atoms with Crippen LogP contribution >= 0.6 is 0 Å². The molecule has 4 fully saturated rings. The molecule has 326 valence electrons. The molecule has 0 amide bonds. The lowest BCUT2D eigenvalue weighted by molar-refractivity contribution is -0.167. The Morgan fingerprint density at radius 3 is 2.51 bits per heavy atom. The normalized spacial score (nSPS) is 20.9. The van der Waals surface area contributed by atoms with Crippen LogP contribution in [0.2, 0.25) is 18.1 Å². The lowest BCUT2D eigenvalue weighted by Gasteiger charge is -2.45. The van der Waals surface area contributed by atoms with Crippen molar-refractivity contribution in [3.63, 3.8) is 0 Å². The first-order valence-electron chi connectivity index (χ1n) is 22.6. The molecule has 61 heavy (non-hydrogen) atoms. The second-order valence-electron chi connectivity index (χ2n) is 19.5. The average Bonchev–Trinajstić information content (AvgIpc) is 3.56. The first-order valence-corrected chi connectivity index (χ1v) is 25.5. The van der Waals surface area contributed by atoms with E-state index in [2.05, 4.69) is 73.3 Å². The van der Waals surface area contributed by atoms with Gasteiger partial charge in [0.2, 0.25) is 5.56 Å². The van der Waals surface area contributed by atoms with E-state index >= 15 is 0 Å². The number of fused-ring (bicyclic) bond motifs is 5. The van der Waals surface area contributed by atoms with Crippen LogP contribution in [-0.4, -0.2) is 66.1 Å². The van der Waals surface area contributed by atoms with E-state index in [4.69, 9.17) is 13.6 Å². The van der Waals surface area contributed by atoms with Crippen molar-refractivity contribution in [2.45, 2.75) is 134 Å². The standard InChI is InChI=1S/C49H64N4O7Si/c1-48(2,3)61(4,5)60-42(37-16-19-40(54)45-38(37)17-20-44(55)51-45)31-50-30-34-15-18-39-41(29-34)59-47(57)53(39)25-10-7-12-33-13-11-14-36(28-33)49(23-8-6-9-24-49)46(56)58-43-32-52-26-21-35(43)22-27-52/h11,13-20,28-29,35,42-43,50,54H,6-10,12,21-27,30-32H2,1-5H3,(H,51,55)/t42-,43-/m0/s1. The molecule has 1 saturated carbocycles. The molecule has 11 nitrogen and oxygen atoms in total. The van der Waals surface area contributed by atoms with Gasteiger partial charge >= 0.3 is 11.7 Å². The van der Waals surface area contributed by atoms with Crippen LogP contribution in [0.15, 0.2) is 80.7 Å². The van der Waals surface area contributed by atoms with Gasteiger partial charge in [-0.25, -0.2) is 4.79 Å². The topological polar surface area (TPSA) is 139 Å². The van der Waals surface area contributed by atoms with Gasteiger partial charge in [0.1, 0.15) is 11.9 Å². The molecule has 12 heteroatoms. The first kappa shape index (κ1) is 43.2. The van der Waals surface area contributed by atoms with Crippen LogP contribution in [0.4, 0.5) is 0 Å². The molecule has 3 aliphatic heterocycles. The Hall–Kier alpha value is -4.49. The highest BCUT2D eigenvalue weighted by molar-refractivity contribution is 6.74. The molecule has 0 unspecified atom stereocenters. The number of phenols is 1. The third kappa shape index (κ3) is 9.19. The van der Waals surface area contributed by atoms with Gasteiger partial charge in [-0.1, -0.05) is 76.4 Å². The van der Waals surface area contributed by atoms with E-state index in [0.717, 1.165) is 111 Å². The molecule has 2 atom stereocenters. The number of carbonyl (C=O) groups excluding carboxylic acids is 1. The second kappa shape index (κ2) is 17.7. The number of ether oxygens (including phenoxy) is 1. The maximum atomic E-state index is 14.1. The summed E-state index contributed by atoms with van der Waals surface area (Å²) in [5, 5.41) is 14.8. The van der Waals surface area contributed by atoms with Crippen LogP contribution < -0.4 is 16.6 Å². The Morgan fingerprint density at radius 2 is 1.77 bits per heavy atom. The number of aromatic amines is 1. The summed E-state index contributed by atoms with van der Waals surface area (Å²) in [6.45, 7) is 15.7. The number of benzene rings is 3. The summed E-state index contributed by atoms with van der Waals surface area (Å²) in [5.41, 5.74) is 5.06. The molecule has 5 aromatic rings. The highest BCUT2D eigenvalue weighted by atomic mass is 28.4. The van der Waals surface area contributed by atoms with E-state index in [1.807, 2.05) is 24.3 Å². The van der Waals surface area contributed by atoms with Crippen LogP contribution in [0.5, 0.6) is 5.75 Å². The molecule has 4 aliphatic rings. The van der Waals surface area contributed by atoms with Gasteiger partial charge in [-0.05, 0) is 129 Å². The maximum Gasteiger partial charge on any atom is 0.419 e. The number of aromatic nitrogens is 2. The zero-order valence-electron chi connectivity index (χ0n) is 36.7. The van der Waals surface area contributed by atoms with Gasteiger partial charge in [0.15, 0.2) is 13.9 Å². The lowest BCUT2D eigenvalue weighted by atomic mass is 9.69. The number of aryl methyl sites for hydroxylation is 2. The molecule has 1 aliphatic carbocycles. The highest BCUT2D eigenvalue weighted by Crippen LogP contribution is 2.43. The van der Waals surface area contributed by atoms with Crippen molar-refractivity contribution in [2.24, 2.45) is 5.92 Å². The summed E-state index contributed by atoms with van der Waals surface area (Å²) in [7, 11) is -2.24. The Kier molecular flexibility index (Phi) is 12.5. The molecule has 0 spiro atoms. The molecule has 2 aromatic heterocycles. The number of hydrogen-bond acceptors (Lipinski definition) is 9. The predicted molar refractivity (Wildman–Crippen MR) is 243 cm³/mol. The van der Waals surface area contributed by atoms with E-state index in [1.165, 1.54) is 11.6 Å². The van der Waals surface area contributed by atoms with E-state index in [1.54, 1.807) is 16.7 Å². The zero-order valence-corrected chi connectivity index (χ0v) is 37.7. The number of nitrogens with one attached hydrogen (secondary N) is 2. The van der Waals surface area contributed by atoms with Crippen molar-refractivity contribution in [3.8, 4) is 5.75 Å². The fourth-order valence-electron chi connectivity index (χ4n) is 9.75. The third-order valence-electron chi connectivity index (χ3n) is 14.4. The van der Waals surface area contributed by atoms with Crippen molar-refractivity contribution in [2.75, 3.05) is 26.2 Å². The van der Waals surface area contributed by atoms with Crippen molar-refractivity contribution >= 4 is 36.3 Å². The number of oxazole rings is 1. The van der Waals surface area contributed by atoms with Gasteiger partial charge in [0, 0.05) is 37.6 Å². The van der Waals surface area contributed by atoms with Crippen LogP contribution in [0, 0.1) is 5.92 Å². The average molecular weight is 849 g/mol. The van der Waals surface area contributed by atoms with Crippen LogP contribution in [0.3, 0.4) is 0 Å². The van der Waals surface area contributed by atoms with Crippen molar-refractivity contribution in [3.05, 3.63) is 110 Å². The van der Waals surface area contributed by atoms with E-state index < -0.39 is 13.7 Å².